The summed E-state index contributed by atoms with van der Waals surface area (Å²) in [4.78, 5) is 0. The highest BCUT2D eigenvalue weighted by Gasteiger charge is 2.18. The van der Waals surface area contributed by atoms with Crippen molar-refractivity contribution in [3.05, 3.63) is 182 Å². The number of fused-ring (bicyclic) bond motifs is 9. The van der Waals surface area contributed by atoms with Crippen molar-refractivity contribution in [1.82, 2.24) is 0 Å². The summed E-state index contributed by atoms with van der Waals surface area (Å²) in [5.74, 6) is 0. The Balaban J connectivity index is 1.22. The van der Waals surface area contributed by atoms with Crippen LogP contribution in [0.25, 0.3) is 109 Å². The summed E-state index contributed by atoms with van der Waals surface area (Å²) < 4.78 is 79.3. The lowest BCUT2D eigenvalue weighted by Crippen LogP contribution is -1.91. The second kappa shape index (κ2) is 10.9. The Labute approximate surface area is 305 Å². The van der Waals surface area contributed by atoms with Crippen molar-refractivity contribution < 1.29 is 15.4 Å². The van der Waals surface area contributed by atoms with Gasteiger partial charge in [-0.2, -0.15) is 0 Å². The van der Waals surface area contributed by atoms with Crippen LogP contribution in [0.5, 0.6) is 0 Å². The van der Waals surface area contributed by atoms with Crippen LogP contribution in [0.15, 0.2) is 186 Å². The van der Waals surface area contributed by atoms with Crippen molar-refractivity contribution in [3.63, 3.8) is 0 Å². The summed E-state index contributed by atoms with van der Waals surface area (Å²) in [6.45, 7) is 0. The summed E-state index contributed by atoms with van der Waals surface area (Å²) in [6, 6.07) is 41.0. The minimum atomic E-state index is -0.428. The lowest BCUT2D eigenvalue weighted by molar-refractivity contribution is 0.670. The van der Waals surface area contributed by atoms with Crippen LogP contribution in [0.4, 0.5) is 0 Å². The maximum Gasteiger partial charge on any atom is 0.143 e. The fourth-order valence-corrected chi connectivity index (χ4v) is 7.91. The Bertz CT molecular complexity index is 3580. The van der Waals surface area contributed by atoms with Gasteiger partial charge >= 0.3 is 0 Å². The van der Waals surface area contributed by atoms with E-state index in [1.54, 1.807) is 0 Å². The van der Waals surface area contributed by atoms with Gasteiger partial charge in [0, 0.05) is 16.3 Å². The predicted molar refractivity (Wildman–Crippen MR) is 218 cm³/mol. The van der Waals surface area contributed by atoms with E-state index in [0.717, 1.165) is 65.4 Å². The third-order valence-corrected chi connectivity index (χ3v) is 10.2. The van der Waals surface area contributed by atoms with Crippen LogP contribution < -0.4 is 0 Å². The van der Waals surface area contributed by atoms with Crippen LogP contribution in [-0.2, 0) is 0 Å². The first-order valence-corrected chi connectivity index (χ1v) is 16.9. The predicted octanol–water partition coefficient (Wildman–Crippen LogP) is 14.4. The maximum absolute atomic E-state index is 9.39. The third-order valence-electron chi connectivity index (χ3n) is 10.2. The lowest BCUT2D eigenvalue weighted by atomic mass is 9.85. The molecule has 10 aromatic carbocycles. The molecule has 0 unspecified atom stereocenters. The highest BCUT2D eigenvalue weighted by Crippen LogP contribution is 2.45. The van der Waals surface area contributed by atoms with Crippen molar-refractivity contribution in [1.29, 1.82) is 0 Å². The first-order valence-electron chi connectivity index (χ1n) is 20.9. The average Bonchev–Trinajstić information content (AvgIpc) is 3.67. The van der Waals surface area contributed by atoms with Gasteiger partial charge in [-0.1, -0.05) is 158 Å². The average molecular weight is 655 g/mol. The molecule has 0 aliphatic carbocycles. The minimum absolute atomic E-state index is 0.187. The van der Waals surface area contributed by atoms with Crippen molar-refractivity contribution in [2.45, 2.75) is 0 Å². The van der Waals surface area contributed by atoms with E-state index in [1.807, 2.05) is 97.1 Å². The van der Waals surface area contributed by atoms with Crippen molar-refractivity contribution >= 4 is 75.8 Å². The van der Waals surface area contributed by atoms with Crippen LogP contribution in [0, 0.1) is 0 Å². The first-order chi connectivity index (χ1) is 28.6. The Morgan fingerprint density at radius 3 is 1.57 bits per heavy atom. The molecule has 0 atom stereocenters. The van der Waals surface area contributed by atoms with Crippen LogP contribution in [0.1, 0.15) is 11.0 Å². The molecule has 0 aliphatic heterocycles. The Hall–Kier alpha value is -6.70. The number of rotatable bonds is 3. The second-order valence-corrected chi connectivity index (χ2v) is 13.0. The fourth-order valence-electron chi connectivity index (χ4n) is 7.91. The molecule has 1 heteroatoms. The molecule has 0 saturated carbocycles. The van der Waals surface area contributed by atoms with E-state index in [0.29, 0.717) is 22.3 Å². The van der Waals surface area contributed by atoms with Crippen LogP contribution in [0.3, 0.4) is 0 Å². The molecule has 1 heterocycles. The molecular formula is C50H30O. The van der Waals surface area contributed by atoms with Gasteiger partial charge in [0.2, 0.25) is 0 Å². The quantitative estimate of drug-likeness (QED) is 0.173. The third kappa shape index (κ3) is 4.28. The normalized spacial score (nSPS) is 14.1. The standard InChI is InChI=1S/C50H30O/c1-2-12-34-28-36(24-21-31(34)10-1)47-41-14-5-7-16-43(41)48(44-17-8-6-15-42(44)47)37-25-22-32-20-23-35(29-38(32)30-37)40-18-9-19-45-49-39-13-4-3-11-33(39)26-27-46(49)51-50(40)45/h1-30H/i5D,6D,7D,8D,14D,15D,16D,17D. The van der Waals surface area contributed by atoms with Gasteiger partial charge in [0.05, 0.1) is 11.0 Å². The van der Waals surface area contributed by atoms with Crippen LogP contribution >= 0.6 is 0 Å². The molecule has 0 aliphatic rings. The monoisotopic (exact) mass is 654 g/mol. The second-order valence-electron chi connectivity index (χ2n) is 13.0. The van der Waals surface area contributed by atoms with Gasteiger partial charge < -0.3 is 4.42 Å². The zero-order chi connectivity index (χ0) is 40.4. The van der Waals surface area contributed by atoms with Crippen molar-refractivity contribution in [2.75, 3.05) is 0 Å². The molecule has 1 nitrogen and oxygen atoms in total. The van der Waals surface area contributed by atoms with E-state index in [9.17, 15) is 5.48 Å². The lowest BCUT2D eigenvalue weighted by Gasteiger charge is -2.18. The molecular weight excluding hydrogens is 617 g/mol. The van der Waals surface area contributed by atoms with E-state index in [2.05, 4.69) is 36.4 Å². The number of furan rings is 1. The topological polar surface area (TPSA) is 13.1 Å². The van der Waals surface area contributed by atoms with Gasteiger partial charge in [-0.25, -0.2) is 0 Å². The number of hydrogen-bond donors (Lipinski definition) is 0. The summed E-state index contributed by atoms with van der Waals surface area (Å²) in [5, 5.41) is 8.67. The van der Waals surface area contributed by atoms with Crippen molar-refractivity contribution in [3.8, 4) is 33.4 Å². The summed E-state index contributed by atoms with van der Waals surface area (Å²) in [7, 11) is 0. The molecule has 11 rings (SSSR count). The minimum Gasteiger partial charge on any atom is -0.455 e. The summed E-state index contributed by atoms with van der Waals surface area (Å²) in [6.07, 6.45) is 0. The largest absolute Gasteiger partial charge is 0.455 e. The highest BCUT2D eigenvalue weighted by atomic mass is 16.3. The number of hydrogen-bond acceptors (Lipinski definition) is 1. The van der Waals surface area contributed by atoms with Crippen molar-refractivity contribution in [2.24, 2.45) is 0 Å². The zero-order valence-electron chi connectivity index (χ0n) is 35.1. The molecule has 0 N–H and O–H groups in total. The highest BCUT2D eigenvalue weighted by molar-refractivity contribution is 6.23. The molecule has 51 heavy (non-hydrogen) atoms. The Kier molecular flexibility index (Phi) is 4.57. The Morgan fingerprint density at radius 2 is 0.882 bits per heavy atom. The molecule has 11 aromatic rings. The molecule has 236 valence electrons. The molecule has 0 fully saturated rings. The molecule has 0 bridgehead atoms. The molecule has 0 radical (unpaired) electrons. The van der Waals surface area contributed by atoms with Gasteiger partial charge in [-0.05, 0) is 106 Å². The summed E-state index contributed by atoms with van der Waals surface area (Å²) >= 11 is 0. The fraction of sp³-hybridized carbons (Fsp3) is 0. The molecule has 0 amide bonds. The summed E-state index contributed by atoms with van der Waals surface area (Å²) in [5.41, 5.74) is 5.17. The van der Waals surface area contributed by atoms with E-state index in [4.69, 9.17) is 9.90 Å². The molecule has 1 aromatic heterocycles. The van der Waals surface area contributed by atoms with E-state index < -0.39 is 24.2 Å². The Morgan fingerprint density at radius 1 is 0.373 bits per heavy atom. The van der Waals surface area contributed by atoms with Gasteiger partial charge in [0.15, 0.2) is 0 Å². The number of benzene rings is 10. The molecule has 0 saturated heterocycles. The van der Waals surface area contributed by atoms with Gasteiger partial charge in [-0.3, -0.25) is 0 Å². The van der Waals surface area contributed by atoms with E-state index in [-0.39, 0.29) is 45.7 Å². The van der Waals surface area contributed by atoms with Crippen LogP contribution in [0.2, 0.25) is 0 Å². The maximum atomic E-state index is 9.39. The SMILES string of the molecule is [2H]c1c([2H])c([2H])c2c(-c3ccc4ccc(-c5cccc6c5oc5ccc7ccccc7c56)cc4c3)c3c([2H])c([2H])c([2H])c([2H])c3c(-c3ccc4ccccc4c3)c2c1[2H]. The van der Waals surface area contributed by atoms with Crippen LogP contribution in [-0.4, -0.2) is 0 Å². The molecule has 0 spiro atoms. The smallest absolute Gasteiger partial charge is 0.143 e. The van der Waals surface area contributed by atoms with Gasteiger partial charge in [0.1, 0.15) is 11.2 Å². The first kappa shape index (κ1) is 21.4. The van der Waals surface area contributed by atoms with E-state index >= 15 is 0 Å². The van der Waals surface area contributed by atoms with E-state index in [1.165, 1.54) is 0 Å². The number of para-hydroxylation sites is 1. The zero-order valence-corrected chi connectivity index (χ0v) is 27.1. The van der Waals surface area contributed by atoms with Gasteiger partial charge in [-0.15, -0.1) is 0 Å². The van der Waals surface area contributed by atoms with Gasteiger partial charge in [0.25, 0.3) is 0 Å².